The number of halogens is 3. The summed E-state index contributed by atoms with van der Waals surface area (Å²) < 4.78 is 0.987. The lowest BCUT2D eigenvalue weighted by molar-refractivity contribution is 0.901. The van der Waals surface area contributed by atoms with Gasteiger partial charge in [0.15, 0.2) is 0 Å². The molecule has 3 aromatic rings. The molecule has 2 aromatic carbocycles. The molecule has 106 valence electrons. The number of aromatic amines is 1. The van der Waals surface area contributed by atoms with Crippen molar-refractivity contribution < 1.29 is 0 Å². The van der Waals surface area contributed by atoms with Crippen LogP contribution in [0.3, 0.4) is 0 Å². The summed E-state index contributed by atoms with van der Waals surface area (Å²) in [6.45, 7) is 0. The van der Waals surface area contributed by atoms with Gasteiger partial charge in [0.25, 0.3) is 5.56 Å². The van der Waals surface area contributed by atoms with Crippen LogP contribution < -0.4 is 11.2 Å². The van der Waals surface area contributed by atoms with Crippen molar-refractivity contribution in [2.24, 2.45) is 0 Å². The summed E-state index contributed by atoms with van der Waals surface area (Å²) in [7, 11) is 0. The largest absolute Gasteiger partial charge is 0.333 e. The summed E-state index contributed by atoms with van der Waals surface area (Å²) in [6, 6.07) is 9.36. The highest BCUT2D eigenvalue weighted by Crippen LogP contribution is 2.23. The van der Waals surface area contributed by atoms with Crippen LogP contribution in [0.1, 0.15) is 0 Å². The van der Waals surface area contributed by atoms with Gasteiger partial charge in [0.2, 0.25) is 0 Å². The summed E-state index contributed by atoms with van der Waals surface area (Å²) in [5.74, 6) is 0. The van der Waals surface area contributed by atoms with E-state index in [0.29, 0.717) is 15.7 Å². The molecule has 0 radical (unpaired) electrons. The Kier molecular flexibility index (Phi) is 3.53. The van der Waals surface area contributed by atoms with Crippen LogP contribution in [0.4, 0.5) is 0 Å². The van der Waals surface area contributed by atoms with Crippen LogP contribution in [-0.4, -0.2) is 9.55 Å². The Hall–Kier alpha value is -1.75. The van der Waals surface area contributed by atoms with Gasteiger partial charge in [0.1, 0.15) is 0 Å². The van der Waals surface area contributed by atoms with Gasteiger partial charge in [-0.25, -0.2) is 9.36 Å². The third-order valence-corrected chi connectivity index (χ3v) is 3.74. The number of aromatic nitrogens is 2. The molecule has 0 saturated carbocycles. The van der Waals surface area contributed by atoms with Crippen LogP contribution >= 0.6 is 34.8 Å². The highest BCUT2D eigenvalue weighted by Gasteiger charge is 2.12. The summed E-state index contributed by atoms with van der Waals surface area (Å²) in [5.41, 5.74) is -0.486. The fourth-order valence-corrected chi connectivity index (χ4v) is 2.82. The Morgan fingerprint density at radius 1 is 0.952 bits per heavy atom. The Labute approximate surface area is 133 Å². The quantitative estimate of drug-likeness (QED) is 0.734. The fraction of sp³-hybridized carbons (Fsp3) is 0. The van der Waals surface area contributed by atoms with Crippen molar-refractivity contribution in [2.75, 3.05) is 0 Å². The molecular formula is C14H7Cl3N2O2. The van der Waals surface area contributed by atoms with E-state index < -0.39 is 11.2 Å². The maximum absolute atomic E-state index is 12.5. The molecule has 4 nitrogen and oxygen atoms in total. The predicted octanol–water partition coefficient (Wildman–Crippen LogP) is 3.64. The van der Waals surface area contributed by atoms with Crippen molar-refractivity contribution in [2.45, 2.75) is 0 Å². The molecule has 0 aliphatic carbocycles. The molecule has 0 fully saturated rings. The number of hydrogen-bond donors (Lipinski definition) is 1. The number of H-pyrrole nitrogens is 1. The van der Waals surface area contributed by atoms with Crippen molar-refractivity contribution in [1.82, 2.24) is 9.55 Å². The van der Waals surface area contributed by atoms with Crippen LogP contribution in [0.5, 0.6) is 0 Å². The minimum absolute atomic E-state index is 0.213. The standard InChI is InChI=1S/C14H7Cl3N2O2/c15-7-2-1-3-9(4-7)19-13(20)10-5-8(16)6-11(17)12(10)18-14(19)21/h1-6H,(H,18,21). The molecule has 1 heterocycles. The molecular weight excluding hydrogens is 335 g/mol. The number of benzene rings is 2. The molecule has 21 heavy (non-hydrogen) atoms. The van der Waals surface area contributed by atoms with Crippen molar-refractivity contribution >= 4 is 45.7 Å². The second kappa shape index (κ2) is 5.22. The van der Waals surface area contributed by atoms with E-state index in [1.54, 1.807) is 18.2 Å². The number of nitrogens with one attached hydrogen (secondary N) is 1. The highest BCUT2D eigenvalue weighted by molar-refractivity contribution is 6.38. The molecule has 0 amide bonds. The predicted molar refractivity (Wildman–Crippen MR) is 85.2 cm³/mol. The van der Waals surface area contributed by atoms with Crippen LogP contribution in [0.25, 0.3) is 16.6 Å². The number of fused-ring (bicyclic) bond motifs is 1. The zero-order valence-electron chi connectivity index (χ0n) is 10.4. The molecule has 0 atom stereocenters. The number of rotatable bonds is 1. The second-order valence-electron chi connectivity index (χ2n) is 4.36. The van der Waals surface area contributed by atoms with E-state index in [2.05, 4.69) is 4.98 Å². The molecule has 0 unspecified atom stereocenters. The molecule has 0 spiro atoms. The van der Waals surface area contributed by atoms with Gasteiger partial charge in [-0.1, -0.05) is 40.9 Å². The molecule has 1 aromatic heterocycles. The molecule has 0 saturated heterocycles. The van der Waals surface area contributed by atoms with Crippen molar-refractivity contribution in [3.63, 3.8) is 0 Å². The molecule has 7 heteroatoms. The number of nitrogens with zero attached hydrogens (tertiary/aromatic N) is 1. The normalized spacial score (nSPS) is 11.0. The Bertz CT molecular complexity index is 976. The van der Waals surface area contributed by atoms with E-state index in [1.165, 1.54) is 18.2 Å². The molecule has 1 N–H and O–H groups in total. The van der Waals surface area contributed by atoms with E-state index in [1.807, 2.05) is 0 Å². The van der Waals surface area contributed by atoms with Crippen molar-refractivity contribution in [1.29, 1.82) is 0 Å². The first-order valence-corrected chi connectivity index (χ1v) is 7.01. The summed E-state index contributed by atoms with van der Waals surface area (Å²) >= 11 is 17.8. The SMILES string of the molecule is O=c1[nH]c2c(Cl)cc(Cl)cc2c(=O)n1-c1cccc(Cl)c1. The van der Waals surface area contributed by atoms with Gasteiger partial charge in [-0.3, -0.25) is 4.79 Å². The molecule has 0 bridgehead atoms. The van der Waals surface area contributed by atoms with Crippen molar-refractivity contribution in [3.8, 4) is 5.69 Å². The Balaban J connectivity index is 2.45. The zero-order valence-corrected chi connectivity index (χ0v) is 12.6. The maximum atomic E-state index is 12.5. The van der Waals surface area contributed by atoms with Gasteiger partial charge >= 0.3 is 5.69 Å². The van der Waals surface area contributed by atoms with Crippen LogP contribution in [0.2, 0.25) is 15.1 Å². The third kappa shape index (κ3) is 2.46. The minimum atomic E-state index is -0.598. The topological polar surface area (TPSA) is 54.9 Å². The summed E-state index contributed by atoms with van der Waals surface area (Å²) in [4.78, 5) is 27.3. The molecule has 0 aliphatic rings. The fourth-order valence-electron chi connectivity index (χ4n) is 2.09. The third-order valence-electron chi connectivity index (χ3n) is 2.99. The van der Waals surface area contributed by atoms with Gasteiger partial charge in [-0.2, -0.15) is 0 Å². The van der Waals surface area contributed by atoms with E-state index in [-0.39, 0.29) is 15.9 Å². The van der Waals surface area contributed by atoms with Crippen LogP contribution in [0, 0.1) is 0 Å². The van der Waals surface area contributed by atoms with Gasteiger partial charge in [0.05, 0.1) is 21.6 Å². The van der Waals surface area contributed by atoms with Crippen molar-refractivity contribution in [3.05, 3.63) is 72.3 Å². The van der Waals surface area contributed by atoms with Gasteiger partial charge < -0.3 is 4.98 Å². The van der Waals surface area contributed by atoms with Gasteiger partial charge in [-0.05, 0) is 30.3 Å². The summed E-state index contributed by atoms with van der Waals surface area (Å²) in [5, 5.41) is 1.18. The van der Waals surface area contributed by atoms with Crippen LogP contribution in [0.15, 0.2) is 46.0 Å². The van der Waals surface area contributed by atoms with E-state index in [0.717, 1.165) is 4.57 Å². The molecule has 0 aliphatic heterocycles. The molecule has 3 rings (SSSR count). The Morgan fingerprint density at radius 2 is 1.71 bits per heavy atom. The smallest absolute Gasteiger partial charge is 0.305 e. The maximum Gasteiger partial charge on any atom is 0.333 e. The van der Waals surface area contributed by atoms with Gasteiger partial charge in [-0.15, -0.1) is 0 Å². The summed E-state index contributed by atoms with van der Waals surface area (Å²) in [6.07, 6.45) is 0. The van der Waals surface area contributed by atoms with Gasteiger partial charge in [0, 0.05) is 10.0 Å². The lowest BCUT2D eigenvalue weighted by Crippen LogP contribution is -2.33. The van der Waals surface area contributed by atoms with E-state index >= 15 is 0 Å². The van der Waals surface area contributed by atoms with E-state index in [9.17, 15) is 9.59 Å². The van der Waals surface area contributed by atoms with Crippen LogP contribution in [-0.2, 0) is 0 Å². The Morgan fingerprint density at radius 3 is 2.43 bits per heavy atom. The minimum Gasteiger partial charge on any atom is -0.305 e. The number of hydrogen-bond acceptors (Lipinski definition) is 2. The lowest BCUT2D eigenvalue weighted by Gasteiger charge is -2.08. The zero-order chi connectivity index (χ0) is 15.1. The first-order valence-electron chi connectivity index (χ1n) is 5.87. The monoisotopic (exact) mass is 340 g/mol. The van der Waals surface area contributed by atoms with E-state index in [4.69, 9.17) is 34.8 Å². The average molecular weight is 342 g/mol. The highest BCUT2D eigenvalue weighted by atomic mass is 35.5. The lowest BCUT2D eigenvalue weighted by atomic mass is 10.2. The first kappa shape index (κ1) is 14.2. The second-order valence-corrected chi connectivity index (χ2v) is 5.64. The first-order chi connectivity index (χ1) is 9.97. The average Bonchev–Trinajstić information content (AvgIpc) is 2.40.